The van der Waals surface area contributed by atoms with Crippen molar-refractivity contribution >= 4 is 5.97 Å². The van der Waals surface area contributed by atoms with E-state index in [9.17, 15) is 4.79 Å². The van der Waals surface area contributed by atoms with E-state index in [2.05, 4.69) is 21.6 Å². The van der Waals surface area contributed by atoms with Gasteiger partial charge >= 0.3 is 5.97 Å². The molecule has 1 aromatic rings. The molecule has 0 aromatic carbocycles. The normalized spacial score (nSPS) is 9.27. The first-order chi connectivity index (χ1) is 7.20. The first-order valence-corrected chi connectivity index (χ1v) is 4.70. The third kappa shape index (κ3) is 2.59. The molecule has 0 spiro atoms. The first-order valence-electron chi connectivity index (χ1n) is 4.70. The fourth-order valence-corrected chi connectivity index (χ4v) is 1.31. The number of aromatic nitrogens is 2. The lowest BCUT2D eigenvalue weighted by molar-refractivity contribution is 0.0588. The van der Waals surface area contributed by atoms with E-state index in [1.165, 1.54) is 13.3 Å². The topological polar surface area (TPSA) is 44.1 Å². The summed E-state index contributed by atoms with van der Waals surface area (Å²) in [5, 5.41) is 0. The van der Waals surface area contributed by atoms with Crippen molar-refractivity contribution < 1.29 is 9.53 Å². The second kappa shape index (κ2) is 5.20. The lowest BCUT2D eigenvalue weighted by Gasteiger charge is -2.06. The van der Waals surface area contributed by atoms with Crippen LogP contribution in [0.2, 0.25) is 0 Å². The van der Waals surface area contributed by atoms with E-state index in [1.807, 2.05) is 11.5 Å². The Morgan fingerprint density at radius 3 is 3.00 bits per heavy atom. The molecule has 0 atom stereocenters. The van der Waals surface area contributed by atoms with Crippen molar-refractivity contribution in [3.05, 3.63) is 17.7 Å². The molecule has 80 valence electrons. The highest BCUT2D eigenvalue weighted by molar-refractivity contribution is 5.87. The van der Waals surface area contributed by atoms with Gasteiger partial charge in [-0.2, -0.15) is 0 Å². The number of imidazole rings is 1. The zero-order valence-electron chi connectivity index (χ0n) is 9.20. The average Bonchev–Trinajstić information content (AvgIpc) is 2.60. The molecule has 0 fully saturated rings. The van der Waals surface area contributed by atoms with Crippen LogP contribution in [0.25, 0.3) is 0 Å². The predicted molar refractivity (Wildman–Crippen MR) is 56.4 cm³/mol. The highest BCUT2D eigenvalue weighted by Crippen LogP contribution is 2.07. The minimum Gasteiger partial charge on any atom is -0.464 e. The largest absolute Gasteiger partial charge is 0.464 e. The molecule has 0 aliphatic heterocycles. The standard InChI is InChI=1S/C11H14N2O2/c1-4-5-6-7-13-9(2)12-8-10(13)11(14)15-3/h8H,6-7H2,1-3H3. The number of methoxy groups -OCH3 is 1. The van der Waals surface area contributed by atoms with E-state index >= 15 is 0 Å². The van der Waals surface area contributed by atoms with Gasteiger partial charge in [0, 0.05) is 13.0 Å². The van der Waals surface area contributed by atoms with E-state index in [4.69, 9.17) is 0 Å². The summed E-state index contributed by atoms with van der Waals surface area (Å²) in [6, 6.07) is 0. The van der Waals surface area contributed by atoms with Crippen LogP contribution in [0.1, 0.15) is 29.7 Å². The molecule has 15 heavy (non-hydrogen) atoms. The first kappa shape index (κ1) is 11.3. The smallest absolute Gasteiger partial charge is 0.356 e. The highest BCUT2D eigenvalue weighted by Gasteiger charge is 2.13. The second-order valence-corrected chi connectivity index (χ2v) is 3.01. The van der Waals surface area contributed by atoms with Gasteiger partial charge in [-0.05, 0) is 13.8 Å². The van der Waals surface area contributed by atoms with Gasteiger partial charge in [-0.1, -0.05) is 0 Å². The Morgan fingerprint density at radius 2 is 2.40 bits per heavy atom. The maximum Gasteiger partial charge on any atom is 0.356 e. The van der Waals surface area contributed by atoms with Crippen LogP contribution in [0.3, 0.4) is 0 Å². The van der Waals surface area contributed by atoms with Crippen LogP contribution in [0.4, 0.5) is 0 Å². The molecule has 4 heteroatoms. The minimum atomic E-state index is -0.361. The quantitative estimate of drug-likeness (QED) is 0.554. The summed E-state index contributed by atoms with van der Waals surface area (Å²) in [5.41, 5.74) is 0.480. The van der Waals surface area contributed by atoms with Gasteiger partial charge in [0.1, 0.15) is 11.5 Å². The number of rotatable bonds is 3. The molecule has 1 aromatic heterocycles. The van der Waals surface area contributed by atoms with E-state index in [-0.39, 0.29) is 5.97 Å². The molecule has 1 heterocycles. The van der Waals surface area contributed by atoms with Gasteiger partial charge in [0.15, 0.2) is 0 Å². The van der Waals surface area contributed by atoms with Gasteiger partial charge in [0.2, 0.25) is 0 Å². The number of carbonyl (C=O) groups excluding carboxylic acids is 1. The van der Waals surface area contributed by atoms with Crippen molar-refractivity contribution in [2.24, 2.45) is 0 Å². The van der Waals surface area contributed by atoms with Gasteiger partial charge in [0.05, 0.1) is 13.3 Å². The maximum absolute atomic E-state index is 11.4. The van der Waals surface area contributed by atoms with E-state index < -0.39 is 0 Å². The van der Waals surface area contributed by atoms with Gasteiger partial charge in [0.25, 0.3) is 0 Å². The Kier molecular flexibility index (Phi) is 3.92. The number of esters is 1. The number of nitrogens with zero attached hydrogens (tertiary/aromatic N) is 2. The van der Waals surface area contributed by atoms with Gasteiger partial charge in [-0.15, -0.1) is 11.8 Å². The number of hydrogen-bond donors (Lipinski definition) is 0. The molecule has 0 radical (unpaired) electrons. The molecule has 0 aliphatic carbocycles. The molecule has 0 bridgehead atoms. The molecule has 0 saturated heterocycles. The zero-order chi connectivity index (χ0) is 11.3. The Labute approximate surface area is 89.3 Å². The Bertz CT molecular complexity index is 410. The lowest BCUT2D eigenvalue weighted by Crippen LogP contribution is -2.11. The van der Waals surface area contributed by atoms with E-state index in [1.54, 1.807) is 6.92 Å². The molecule has 0 amide bonds. The van der Waals surface area contributed by atoms with Crippen molar-refractivity contribution in [1.29, 1.82) is 0 Å². The predicted octanol–water partition coefficient (Wildman–Crippen LogP) is 1.39. The number of ether oxygens (including phenoxy) is 1. The summed E-state index contributed by atoms with van der Waals surface area (Å²) in [6.45, 7) is 4.31. The lowest BCUT2D eigenvalue weighted by atomic mass is 10.4. The molecular formula is C11H14N2O2. The van der Waals surface area contributed by atoms with Gasteiger partial charge in [-0.25, -0.2) is 9.78 Å². The highest BCUT2D eigenvalue weighted by atomic mass is 16.5. The van der Waals surface area contributed by atoms with Crippen LogP contribution in [-0.2, 0) is 11.3 Å². The summed E-state index contributed by atoms with van der Waals surface area (Å²) in [7, 11) is 1.36. The zero-order valence-corrected chi connectivity index (χ0v) is 9.20. The van der Waals surface area contributed by atoms with Crippen molar-refractivity contribution in [2.75, 3.05) is 7.11 Å². The fraction of sp³-hybridized carbons (Fsp3) is 0.455. The van der Waals surface area contributed by atoms with Gasteiger partial charge in [-0.3, -0.25) is 0 Å². The Hall–Kier alpha value is -1.76. The molecule has 0 unspecified atom stereocenters. The van der Waals surface area contributed by atoms with Crippen LogP contribution < -0.4 is 0 Å². The molecule has 0 N–H and O–H groups in total. The van der Waals surface area contributed by atoms with Crippen LogP contribution in [0.5, 0.6) is 0 Å². The summed E-state index contributed by atoms with van der Waals surface area (Å²) >= 11 is 0. The monoisotopic (exact) mass is 206 g/mol. The fourth-order valence-electron chi connectivity index (χ4n) is 1.31. The number of hydrogen-bond acceptors (Lipinski definition) is 3. The average molecular weight is 206 g/mol. The number of carbonyl (C=O) groups is 1. The molecule has 1 rings (SSSR count). The van der Waals surface area contributed by atoms with E-state index in [0.29, 0.717) is 18.7 Å². The summed E-state index contributed by atoms with van der Waals surface area (Å²) < 4.78 is 6.48. The molecule has 4 nitrogen and oxygen atoms in total. The van der Waals surface area contributed by atoms with Crippen molar-refractivity contribution in [3.63, 3.8) is 0 Å². The molecular weight excluding hydrogens is 192 g/mol. The Balaban J connectivity index is 2.87. The van der Waals surface area contributed by atoms with Crippen molar-refractivity contribution in [3.8, 4) is 11.8 Å². The third-order valence-electron chi connectivity index (χ3n) is 2.09. The van der Waals surface area contributed by atoms with Crippen LogP contribution in [0, 0.1) is 18.8 Å². The minimum absolute atomic E-state index is 0.361. The van der Waals surface area contributed by atoms with E-state index in [0.717, 1.165) is 5.82 Å². The summed E-state index contributed by atoms with van der Waals surface area (Å²) in [5.74, 6) is 6.20. The van der Waals surface area contributed by atoms with Crippen molar-refractivity contribution in [1.82, 2.24) is 9.55 Å². The van der Waals surface area contributed by atoms with Crippen LogP contribution in [-0.4, -0.2) is 22.6 Å². The summed E-state index contributed by atoms with van der Waals surface area (Å²) in [4.78, 5) is 15.4. The summed E-state index contributed by atoms with van der Waals surface area (Å²) in [6.07, 6.45) is 2.23. The maximum atomic E-state index is 11.4. The van der Waals surface area contributed by atoms with Crippen molar-refractivity contribution in [2.45, 2.75) is 26.8 Å². The third-order valence-corrected chi connectivity index (χ3v) is 2.09. The Morgan fingerprint density at radius 1 is 1.67 bits per heavy atom. The molecule has 0 aliphatic rings. The number of aryl methyl sites for hydroxylation is 1. The molecule has 0 saturated carbocycles. The SMILES string of the molecule is CC#CCCn1c(C(=O)OC)cnc1C. The van der Waals surface area contributed by atoms with Crippen LogP contribution in [0.15, 0.2) is 6.20 Å². The second-order valence-electron chi connectivity index (χ2n) is 3.01. The van der Waals surface area contributed by atoms with Gasteiger partial charge < -0.3 is 9.30 Å². The van der Waals surface area contributed by atoms with Crippen LogP contribution >= 0.6 is 0 Å².